The highest BCUT2D eigenvalue weighted by Crippen LogP contribution is 2.17. The van der Waals surface area contributed by atoms with Crippen molar-refractivity contribution in [3.63, 3.8) is 0 Å². The van der Waals surface area contributed by atoms with E-state index in [1.54, 1.807) is 24.3 Å². The third-order valence-electron chi connectivity index (χ3n) is 1.63. The van der Waals surface area contributed by atoms with Crippen molar-refractivity contribution in [2.75, 3.05) is 12.5 Å². The fourth-order valence-corrected chi connectivity index (χ4v) is 1.03. The average molecular weight is 242 g/mol. The van der Waals surface area contributed by atoms with Gasteiger partial charge in [0.05, 0.1) is 11.6 Å². The summed E-state index contributed by atoms with van der Waals surface area (Å²) in [4.78, 5) is 14.5. The largest absolute Gasteiger partial charge is 0.484 e. The molecule has 0 aromatic heterocycles. The molecule has 1 aromatic rings. The molecule has 86 valence electrons. The lowest BCUT2D eigenvalue weighted by Gasteiger charge is -2.03. The molecule has 0 aliphatic rings. The molecule has 16 heavy (non-hydrogen) atoms. The fraction of sp³-hybridized carbons (Fsp3) is 0.200. The third kappa shape index (κ3) is 4.18. The number of ether oxygens (including phenoxy) is 1. The van der Waals surface area contributed by atoms with Crippen LogP contribution in [-0.4, -0.2) is 24.2 Å². The summed E-state index contributed by atoms with van der Waals surface area (Å²) >= 11 is 5.49. The van der Waals surface area contributed by atoms with Crippen LogP contribution in [0.1, 0.15) is 0 Å². The van der Waals surface area contributed by atoms with Gasteiger partial charge in [-0.25, -0.2) is 4.99 Å². The number of hydrogen-bond donors (Lipinski definition) is 2. The van der Waals surface area contributed by atoms with Crippen LogP contribution in [0.3, 0.4) is 0 Å². The Labute approximate surface area is 98.0 Å². The van der Waals surface area contributed by atoms with Crippen molar-refractivity contribution >= 4 is 29.0 Å². The molecule has 0 spiro atoms. The zero-order valence-corrected chi connectivity index (χ0v) is 9.28. The predicted molar refractivity (Wildman–Crippen MR) is 63.1 cm³/mol. The molecule has 6 heteroatoms. The average Bonchev–Trinajstić information content (AvgIpc) is 2.28. The van der Waals surface area contributed by atoms with Gasteiger partial charge in [0.25, 0.3) is 5.91 Å². The summed E-state index contributed by atoms with van der Waals surface area (Å²) in [6.45, 7) is -0.146. The maximum absolute atomic E-state index is 10.5. The Balaban J connectivity index is 2.64. The normalized spacial score (nSPS) is 11.2. The molecule has 0 aliphatic carbocycles. The van der Waals surface area contributed by atoms with Gasteiger partial charge in [0.15, 0.2) is 6.61 Å². The molecule has 1 aromatic carbocycles. The highest BCUT2D eigenvalue weighted by atomic mass is 35.5. The van der Waals surface area contributed by atoms with Crippen LogP contribution in [0.2, 0.25) is 0 Å². The highest BCUT2D eigenvalue weighted by Gasteiger charge is 1.98. The molecular weight excluding hydrogens is 230 g/mol. The lowest BCUT2D eigenvalue weighted by molar-refractivity contribution is -0.119. The third-order valence-corrected chi connectivity index (χ3v) is 1.90. The van der Waals surface area contributed by atoms with Crippen LogP contribution in [0.5, 0.6) is 5.75 Å². The number of amidine groups is 1. The van der Waals surface area contributed by atoms with Crippen LogP contribution in [0.25, 0.3) is 0 Å². The number of aliphatic imine (C=N–C) groups is 1. The molecule has 0 bridgehead atoms. The van der Waals surface area contributed by atoms with Crippen molar-refractivity contribution < 1.29 is 9.53 Å². The fourth-order valence-electron chi connectivity index (χ4n) is 0.967. The molecule has 0 aliphatic heterocycles. The molecule has 4 N–H and O–H groups in total. The maximum Gasteiger partial charge on any atom is 0.255 e. The van der Waals surface area contributed by atoms with E-state index in [1.807, 2.05) is 0 Å². The molecule has 1 amide bonds. The Morgan fingerprint density at radius 3 is 2.44 bits per heavy atom. The van der Waals surface area contributed by atoms with E-state index in [-0.39, 0.29) is 12.5 Å². The van der Waals surface area contributed by atoms with Crippen molar-refractivity contribution in [1.29, 1.82) is 0 Å². The van der Waals surface area contributed by atoms with Crippen LogP contribution < -0.4 is 16.2 Å². The summed E-state index contributed by atoms with van der Waals surface area (Å²) in [7, 11) is 0. The number of primary amides is 1. The van der Waals surface area contributed by atoms with Gasteiger partial charge in [-0.1, -0.05) is 0 Å². The zero-order chi connectivity index (χ0) is 12.0. The van der Waals surface area contributed by atoms with Crippen LogP contribution in [0.4, 0.5) is 5.69 Å². The highest BCUT2D eigenvalue weighted by molar-refractivity contribution is 6.28. The van der Waals surface area contributed by atoms with E-state index in [0.717, 1.165) is 0 Å². The van der Waals surface area contributed by atoms with Gasteiger partial charge in [0, 0.05) is 0 Å². The maximum atomic E-state index is 10.5. The van der Waals surface area contributed by atoms with E-state index in [9.17, 15) is 4.79 Å². The molecule has 5 nitrogen and oxygen atoms in total. The smallest absolute Gasteiger partial charge is 0.255 e. The summed E-state index contributed by atoms with van der Waals surface area (Å²) in [6.07, 6.45) is 0. The van der Waals surface area contributed by atoms with Crippen molar-refractivity contribution in [3.05, 3.63) is 24.3 Å². The second-order valence-corrected chi connectivity index (χ2v) is 3.25. The van der Waals surface area contributed by atoms with Gasteiger partial charge in [-0.3, -0.25) is 4.79 Å². The minimum Gasteiger partial charge on any atom is -0.484 e. The van der Waals surface area contributed by atoms with E-state index in [1.165, 1.54) is 0 Å². The second-order valence-electron chi connectivity index (χ2n) is 2.99. The van der Waals surface area contributed by atoms with E-state index >= 15 is 0 Å². The van der Waals surface area contributed by atoms with Crippen LogP contribution in [-0.2, 0) is 4.79 Å². The Bertz CT molecular complexity index is 390. The van der Waals surface area contributed by atoms with E-state index in [0.29, 0.717) is 17.3 Å². The molecule has 0 atom stereocenters. The Morgan fingerprint density at radius 1 is 1.31 bits per heavy atom. The molecule has 0 heterocycles. The second kappa shape index (κ2) is 5.97. The number of halogens is 1. The SMILES string of the molecule is NC(=O)COc1ccc(N=C(N)CCl)cc1. The minimum atomic E-state index is -0.520. The first-order valence-electron chi connectivity index (χ1n) is 4.52. The number of rotatable bonds is 5. The molecule has 1 rings (SSSR count). The van der Waals surface area contributed by atoms with Crippen LogP contribution in [0, 0.1) is 0 Å². The summed E-state index contributed by atoms with van der Waals surface area (Å²) in [5.74, 6) is 0.545. The lowest BCUT2D eigenvalue weighted by Crippen LogP contribution is -2.19. The number of alkyl halides is 1. The number of nitrogens with zero attached hydrogens (tertiary/aromatic N) is 1. The monoisotopic (exact) mass is 241 g/mol. The van der Waals surface area contributed by atoms with Gasteiger partial charge < -0.3 is 16.2 Å². The topological polar surface area (TPSA) is 90.7 Å². The quantitative estimate of drug-likeness (QED) is 0.453. The van der Waals surface area contributed by atoms with Crippen molar-refractivity contribution in [2.45, 2.75) is 0 Å². The first kappa shape index (κ1) is 12.3. The van der Waals surface area contributed by atoms with Crippen molar-refractivity contribution in [3.8, 4) is 5.75 Å². The summed E-state index contributed by atoms with van der Waals surface area (Å²) in [5, 5.41) is 0. The van der Waals surface area contributed by atoms with Gasteiger partial charge in [-0.15, -0.1) is 11.6 Å². The number of nitrogens with two attached hydrogens (primary N) is 2. The number of hydrogen-bond acceptors (Lipinski definition) is 3. The Hall–Kier alpha value is -1.75. The van der Waals surface area contributed by atoms with Crippen molar-refractivity contribution in [1.82, 2.24) is 0 Å². The number of benzene rings is 1. The lowest BCUT2D eigenvalue weighted by atomic mass is 10.3. The van der Waals surface area contributed by atoms with Crippen LogP contribution in [0.15, 0.2) is 29.3 Å². The van der Waals surface area contributed by atoms with Crippen molar-refractivity contribution in [2.24, 2.45) is 16.5 Å². The van der Waals surface area contributed by atoms with E-state index in [2.05, 4.69) is 4.99 Å². The standard InChI is InChI=1S/C10H12ClN3O2/c11-5-9(12)14-7-1-3-8(4-2-7)16-6-10(13)15/h1-4H,5-6H2,(H2,12,14)(H2,13,15). The first-order valence-corrected chi connectivity index (χ1v) is 5.05. The Morgan fingerprint density at radius 2 is 1.94 bits per heavy atom. The van der Waals surface area contributed by atoms with Gasteiger partial charge >= 0.3 is 0 Å². The van der Waals surface area contributed by atoms with Gasteiger partial charge in [0.1, 0.15) is 11.6 Å². The van der Waals surface area contributed by atoms with E-state index < -0.39 is 5.91 Å². The molecule has 0 radical (unpaired) electrons. The number of amides is 1. The Kier molecular flexibility index (Phi) is 4.60. The molecular formula is C10H12ClN3O2. The van der Waals surface area contributed by atoms with Gasteiger partial charge in [-0.05, 0) is 24.3 Å². The first-order chi connectivity index (χ1) is 7.61. The number of carbonyl (C=O) groups is 1. The van der Waals surface area contributed by atoms with Crippen LogP contribution >= 0.6 is 11.6 Å². The summed E-state index contributed by atoms with van der Waals surface area (Å²) in [5.41, 5.74) is 11.1. The predicted octanol–water partition coefficient (Wildman–Crippen LogP) is 0.778. The minimum absolute atomic E-state index is 0.146. The molecule has 0 saturated carbocycles. The van der Waals surface area contributed by atoms with Gasteiger partial charge in [0.2, 0.25) is 0 Å². The molecule has 0 unspecified atom stereocenters. The zero-order valence-electron chi connectivity index (χ0n) is 8.52. The summed E-state index contributed by atoms with van der Waals surface area (Å²) in [6, 6.07) is 6.75. The molecule has 0 fully saturated rings. The van der Waals surface area contributed by atoms with E-state index in [4.69, 9.17) is 27.8 Å². The summed E-state index contributed by atoms with van der Waals surface area (Å²) < 4.78 is 5.07. The number of carbonyl (C=O) groups excluding carboxylic acids is 1. The van der Waals surface area contributed by atoms with Gasteiger partial charge in [-0.2, -0.15) is 0 Å². The molecule has 0 saturated heterocycles.